The van der Waals surface area contributed by atoms with Crippen molar-refractivity contribution in [2.45, 2.75) is 13.8 Å². The lowest BCUT2D eigenvalue weighted by Crippen LogP contribution is -2.06. The molecule has 0 N–H and O–H groups in total. The average Bonchev–Trinajstić information content (AvgIpc) is 2.78. The first-order chi connectivity index (χ1) is 15.8. The summed E-state index contributed by atoms with van der Waals surface area (Å²) in [6, 6.07) is 17.7. The number of hydrogen-bond acceptors (Lipinski definition) is 8. The second kappa shape index (κ2) is 8.83. The maximum absolute atomic E-state index is 11.7. The Kier molecular flexibility index (Phi) is 5.77. The van der Waals surface area contributed by atoms with Crippen molar-refractivity contribution in [3.05, 3.63) is 76.8 Å². The largest absolute Gasteiger partial charge is 0.426 e. The van der Waals surface area contributed by atoms with Gasteiger partial charge in [-0.1, -0.05) is 24.3 Å². The molecule has 33 heavy (non-hydrogen) atoms. The molecule has 1 aromatic heterocycles. The molecular formula is C24H17N3O6. The SMILES string of the molecule is CC(=O)Oc1ccccc1-c1nc2ccc([N+](=O)[O-])cc2nc1-c1ccccc1OC(C)=O. The van der Waals surface area contributed by atoms with E-state index in [1.54, 1.807) is 48.5 Å². The molecule has 0 radical (unpaired) electrons. The zero-order valence-electron chi connectivity index (χ0n) is 17.6. The van der Waals surface area contributed by atoms with Gasteiger partial charge in [0.2, 0.25) is 0 Å². The van der Waals surface area contributed by atoms with Gasteiger partial charge in [-0.05, 0) is 30.3 Å². The zero-order valence-corrected chi connectivity index (χ0v) is 17.6. The lowest BCUT2D eigenvalue weighted by molar-refractivity contribution is -0.384. The molecule has 4 rings (SSSR count). The van der Waals surface area contributed by atoms with E-state index in [1.807, 2.05) is 0 Å². The quantitative estimate of drug-likeness (QED) is 0.188. The number of ether oxygens (including phenoxy) is 2. The molecule has 0 saturated carbocycles. The third-order valence-corrected chi connectivity index (χ3v) is 4.65. The summed E-state index contributed by atoms with van der Waals surface area (Å²) in [6.45, 7) is 2.57. The molecule has 0 atom stereocenters. The van der Waals surface area contributed by atoms with Gasteiger partial charge >= 0.3 is 11.9 Å². The molecule has 1 heterocycles. The highest BCUT2D eigenvalue weighted by Crippen LogP contribution is 2.39. The van der Waals surface area contributed by atoms with Crippen LogP contribution in [-0.4, -0.2) is 26.8 Å². The van der Waals surface area contributed by atoms with Crippen LogP contribution in [0.15, 0.2) is 66.7 Å². The molecule has 0 saturated heterocycles. The van der Waals surface area contributed by atoms with Crippen LogP contribution in [0.4, 0.5) is 5.69 Å². The second-order valence-corrected chi connectivity index (χ2v) is 7.03. The molecule has 0 unspecified atom stereocenters. The van der Waals surface area contributed by atoms with Gasteiger partial charge < -0.3 is 9.47 Å². The van der Waals surface area contributed by atoms with E-state index >= 15 is 0 Å². The monoisotopic (exact) mass is 443 g/mol. The maximum atomic E-state index is 11.7. The Morgan fingerprint density at radius 3 is 1.73 bits per heavy atom. The summed E-state index contributed by atoms with van der Waals surface area (Å²) in [7, 11) is 0. The molecule has 0 fully saturated rings. The summed E-state index contributed by atoms with van der Waals surface area (Å²) in [4.78, 5) is 43.4. The van der Waals surface area contributed by atoms with Gasteiger partial charge in [0.05, 0.1) is 16.0 Å². The third-order valence-electron chi connectivity index (χ3n) is 4.65. The smallest absolute Gasteiger partial charge is 0.308 e. The van der Waals surface area contributed by atoms with Crippen LogP contribution in [0.2, 0.25) is 0 Å². The number of para-hydroxylation sites is 2. The molecule has 0 aliphatic carbocycles. The Bertz CT molecular complexity index is 1420. The number of fused-ring (bicyclic) bond motifs is 1. The van der Waals surface area contributed by atoms with E-state index in [4.69, 9.17) is 14.5 Å². The van der Waals surface area contributed by atoms with Crippen molar-refractivity contribution in [3.63, 3.8) is 0 Å². The third kappa shape index (κ3) is 4.52. The minimum Gasteiger partial charge on any atom is -0.426 e. The number of carbonyl (C=O) groups is 2. The van der Waals surface area contributed by atoms with Gasteiger partial charge in [-0.2, -0.15) is 0 Å². The lowest BCUT2D eigenvalue weighted by Gasteiger charge is -2.15. The average molecular weight is 443 g/mol. The summed E-state index contributed by atoms with van der Waals surface area (Å²) >= 11 is 0. The van der Waals surface area contributed by atoms with Crippen LogP contribution in [0, 0.1) is 10.1 Å². The van der Waals surface area contributed by atoms with Crippen LogP contribution in [0.5, 0.6) is 11.5 Å². The fourth-order valence-corrected chi connectivity index (χ4v) is 3.34. The van der Waals surface area contributed by atoms with E-state index in [-0.39, 0.29) is 22.7 Å². The fourth-order valence-electron chi connectivity index (χ4n) is 3.34. The highest BCUT2D eigenvalue weighted by molar-refractivity contribution is 5.91. The van der Waals surface area contributed by atoms with Crippen LogP contribution in [0.3, 0.4) is 0 Å². The van der Waals surface area contributed by atoms with Crippen molar-refractivity contribution in [3.8, 4) is 34.0 Å². The number of rotatable bonds is 5. The number of nitro benzene ring substituents is 1. The predicted molar refractivity (Wildman–Crippen MR) is 120 cm³/mol. The minimum absolute atomic E-state index is 0.135. The van der Waals surface area contributed by atoms with Gasteiger partial charge in [-0.25, -0.2) is 9.97 Å². The van der Waals surface area contributed by atoms with Crippen LogP contribution in [-0.2, 0) is 9.59 Å². The number of carbonyl (C=O) groups excluding carboxylic acids is 2. The van der Waals surface area contributed by atoms with Gasteiger partial charge in [0.25, 0.3) is 5.69 Å². The fraction of sp³-hybridized carbons (Fsp3) is 0.0833. The standard InChI is InChI=1S/C24H17N3O6/c1-14(28)32-21-9-5-3-7-17(21)23-24(18-8-4-6-10-22(18)33-15(2)29)26-20-13-16(27(30)31)11-12-19(20)25-23/h3-13H,1-2H3. The van der Waals surface area contributed by atoms with E-state index in [2.05, 4.69) is 4.98 Å². The van der Waals surface area contributed by atoms with Crippen molar-refractivity contribution in [2.24, 2.45) is 0 Å². The Morgan fingerprint density at radius 1 is 0.758 bits per heavy atom. The molecule has 9 nitrogen and oxygen atoms in total. The van der Waals surface area contributed by atoms with Crippen LogP contribution >= 0.6 is 0 Å². The molecule has 0 aliphatic rings. The first-order valence-corrected chi connectivity index (χ1v) is 9.85. The van der Waals surface area contributed by atoms with Crippen LogP contribution < -0.4 is 9.47 Å². The number of esters is 2. The zero-order chi connectivity index (χ0) is 23.5. The molecule has 0 amide bonds. The van der Waals surface area contributed by atoms with Crippen molar-refractivity contribution >= 4 is 28.7 Å². The minimum atomic E-state index is -0.520. The van der Waals surface area contributed by atoms with Gasteiger partial charge in [0.15, 0.2) is 0 Å². The summed E-state index contributed by atoms with van der Waals surface area (Å²) in [6.07, 6.45) is 0. The highest BCUT2D eigenvalue weighted by atomic mass is 16.6. The Morgan fingerprint density at radius 2 is 1.24 bits per heavy atom. The van der Waals surface area contributed by atoms with E-state index in [0.29, 0.717) is 28.0 Å². The summed E-state index contributed by atoms with van der Waals surface area (Å²) in [5, 5.41) is 11.3. The number of nitro groups is 1. The van der Waals surface area contributed by atoms with E-state index < -0.39 is 16.9 Å². The van der Waals surface area contributed by atoms with Gasteiger partial charge in [0, 0.05) is 37.1 Å². The van der Waals surface area contributed by atoms with E-state index in [9.17, 15) is 19.7 Å². The van der Waals surface area contributed by atoms with Gasteiger partial charge in [-0.15, -0.1) is 0 Å². The predicted octanol–water partition coefficient (Wildman–Crippen LogP) is 4.72. The first kappa shape index (κ1) is 21.6. The molecule has 164 valence electrons. The molecule has 4 aromatic rings. The molecule has 0 aliphatic heterocycles. The first-order valence-electron chi connectivity index (χ1n) is 9.85. The van der Waals surface area contributed by atoms with Gasteiger partial charge in [-0.3, -0.25) is 19.7 Å². The number of nitrogens with zero attached hydrogens (tertiary/aromatic N) is 3. The topological polar surface area (TPSA) is 122 Å². The van der Waals surface area contributed by atoms with Crippen LogP contribution in [0.1, 0.15) is 13.8 Å². The Labute approximate surface area is 187 Å². The summed E-state index contributed by atoms with van der Waals surface area (Å²) < 4.78 is 10.7. The summed E-state index contributed by atoms with van der Waals surface area (Å²) in [5.41, 5.74) is 2.14. The normalized spacial score (nSPS) is 10.6. The van der Waals surface area contributed by atoms with Crippen molar-refractivity contribution in [1.82, 2.24) is 9.97 Å². The van der Waals surface area contributed by atoms with E-state index in [0.717, 1.165) is 0 Å². The molecule has 0 bridgehead atoms. The number of aromatic nitrogens is 2. The number of non-ortho nitro benzene ring substituents is 1. The van der Waals surface area contributed by atoms with Crippen molar-refractivity contribution < 1.29 is 24.0 Å². The lowest BCUT2D eigenvalue weighted by atomic mass is 10.0. The summed E-state index contributed by atoms with van der Waals surface area (Å²) in [5.74, 6) is -0.510. The molecule has 9 heteroatoms. The number of hydrogen-bond donors (Lipinski definition) is 0. The maximum Gasteiger partial charge on any atom is 0.308 e. The second-order valence-electron chi connectivity index (χ2n) is 7.03. The Balaban J connectivity index is 2.05. The number of benzene rings is 3. The van der Waals surface area contributed by atoms with Crippen molar-refractivity contribution in [2.75, 3.05) is 0 Å². The molecule has 0 spiro atoms. The van der Waals surface area contributed by atoms with Gasteiger partial charge in [0.1, 0.15) is 22.9 Å². The Hall–Kier alpha value is -4.66. The molecule has 3 aromatic carbocycles. The van der Waals surface area contributed by atoms with E-state index in [1.165, 1.54) is 32.0 Å². The van der Waals surface area contributed by atoms with Crippen molar-refractivity contribution in [1.29, 1.82) is 0 Å². The van der Waals surface area contributed by atoms with Crippen LogP contribution in [0.25, 0.3) is 33.5 Å². The highest BCUT2D eigenvalue weighted by Gasteiger charge is 2.21. The molecular weight excluding hydrogens is 426 g/mol.